The normalized spacial score (nSPS) is 17.2. The minimum atomic E-state index is -4.43. The van der Waals surface area contributed by atoms with E-state index in [0.29, 0.717) is 28.9 Å². The summed E-state index contributed by atoms with van der Waals surface area (Å²) in [5, 5.41) is 12.2. The Morgan fingerprint density at radius 3 is 2.17 bits per heavy atom. The molecule has 8 heteroatoms. The van der Waals surface area contributed by atoms with Crippen LogP contribution in [0.1, 0.15) is 46.8 Å². The Kier molecular flexibility index (Phi) is 8.10. The molecule has 4 aromatic rings. The molecular weight excluding hydrogens is 529 g/mol. The Morgan fingerprint density at radius 1 is 0.854 bits per heavy atom. The highest BCUT2D eigenvalue weighted by molar-refractivity contribution is 6.08. The molecule has 4 aromatic carbocycles. The van der Waals surface area contributed by atoms with Crippen molar-refractivity contribution in [3.8, 4) is 11.1 Å². The number of nitrogens with zero attached hydrogens (tertiary/aromatic N) is 1. The third kappa shape index (κ3) is 6.60. The fraction of sp³-hybridized carbons (Fsp3) is 0.212. The van der Waals surface area contributed by atoms with Crippen LogP contribution in [-0.4, -0.2) is 23.5 Å². The third-order valence-corrected chi connectivity index (χ3v) is 7.51. The molecule has 1 amide bonds. The number of rotatable bonds is 7. The summed E-state index contributed by atoms with van der Waals surface area (Å²) in [5.41, 5.74) is 3.32. The van der Waals surface area contributed by atoms with Crippen LogP contribution in [-0.2, 0) is 11.0 Å². The van der Waals surface area contributed by atoms with Crippen LogP contribution in [0.5, 0.6) is 0 Å². The van der Waals surface area contributed by atoms with E-state index in [0.717, 1.165) is 36.2 Å². The zero-order chi connectivity index (χ0) is 29.0. The van der Waals surface area contributed by atoms with E-state index in [1.165, 1.54) is 12.1 Å². The van der Waals surface area contributed by atoms with Gasteiger partial charge in [0, 0.05) is 29.9 Å². The van der Waals surface area contributed by atoms with Crippen LogP contribution in [0.25, 0.3) is 11.1 Å². The summed E-state index contributed by atoms with van der Waals surface area (Å²) in [6, 6.07) is 29.1. The summed E-state index contributed by atoms with van der Waals surface area (Å²) in [6.07, 6.45) is -2.78. The molecule has 0 spiro atoms. The predicted molar refractivity (Wildman–Crippen MR) is 153 cm³/mol. The molecule has 0 aromatic heterocycles. The van der Waals surface area contributed by atoms with E-state index >= 15 is 0 Å². The monoisotopic (exact) mass is 558 g/mol. The average Bonchev–Trinajstić information content (AvgIpc) is 2.97. The molecule has 1 aliphatic rings. The quantitative estimate of drug-likeness (QED) is 0.241. The van der Waals surface area contributed by atoms with E-state index in [2.05, 4.69) is 22.3 Å². The number of carbonyl (C=O) groups excluding carboxylic acids is 1. The number of carbonyl (C=O) groups is 2. The van der Waals surface area contributed by atoms with Crippen molar-refractivity contribution in [1.29, 1.82) is 0 Å². The topological polar surface area (TPSA) is 69.6 Å². The van der Waals surface area contributed by atoms with Crippen molar-refractivity contribution < 1.29 is 27.9 Å². The number of anilines is 2. The SMILES string of the molecule is O=C(O)CC1CCN(c2ccc(NC(=O)c3ccccc3-c3ccc(C(F)(F)F)cc3)cc2)C(c2ccccc2)C1. The maximum Gasteiger partial charge on any atom is 0.416 e. The van der Waals surface area contributed by atoms with Gasteiger partial charge in [-0.3, -0.25) is 9.59 Å². The van der Waals surface area contributed by atoms with Crippen LogP contribution in [0.3, 0.4) is 0 Å². The first-order valence-corrected chi connectivity index (χ1v) is 13.4. The summed E-state index contributed by atoms with van der Waals surface area (Å²) in [4.78, 5) is 26.9. The Bertz CT molecular complexity index is 1500. The molecule has 5 rings (SSSR count). The van der Waals surface area contributed by atoms with E-state index < -0.39 is 17.7 Å². The van der Waals surface area contributed by atoms with Gasteiger partial charge < -0.3 is 15.3 Å². The van der Waals surface area contributed by atoms with Crippen molar-refractivity contribution in [3.05, 3.63) is 120 Å². The summed E-state index contributed by atoms with van der Waals surface area (Å²) < 4.78 is 39.0. The lowest BCUT2D eigenvalue weighted by Gasteiger charge is -2.41. The lowest BCUT2D eigenvalue weighted by molar-refractivity contribution is -0.139. The van der Waals surface area contributed by atoms with Crippen LogP contribution in [0, 0.1) is 5.92 Å². The number of piperidine rings is 1. The van der Waals surface area contributed by atoms with E-state index in [4.69, 9.17) is 0 Å². The zero-order valence-electron chi connectivity index (χ0n) is 22.1. The van der Waals surface area contributed by atoms with Gasteiger partial charge in [-0.2, -0.15) is 13.2 Å². The van der Waals surface area contributed by atoms with Gasteiger partial charge in [0.1, 0.15) is 0 Å². The van der Waals surface area contributed by atoms with Gasteiger partial charge in [0.2, 0.25) is 0 Å². The van der Waals surface area contributed by atoms with Gasteiger partial charge >= 0.3 is 12.1 Å². The van der Waals surface area contributed by atoms with Crippen LogP contribution in [0.4, 0.5) is 24.5 Å². The molecule has 0 saturated carbocycles. The summed E-state index contributed by atoms with van der Waals surface area (Å²) in [7, 11) is 0. The number of alkyl halides is 3. The average molecular weight is 559 g/mol. The van der Waals surface area contributed by atoms with E-state index in [1.54, 1.807) is 24.3 Å². The van der Waals surface area contributed by atoms with E-state index in [-0.39, 0.29) is 24.3 Å². The number of carboxylic acid groups (broad SMARTS) is 1. The van der Waals surface area contributed by atoms with Crippen LogP contribution in [0.15, 0.2) is 103 Å². The lowest BCUT2D eigenvalue weighted by Crippen LogP contribution is -2.37. The number of nitrogens with one attached hydrogen (secondary N) is 1. The number of carboxylic acids is 1. The standard InChI is InChI=1S/C33H29F3N2O3/c34-33(35,36)25-12-10-23(11-13-25)28-8-4-5-9-29(28)32(41)37-26-14-16-27(17-15-26)38-19-18-22(21-31(39)40)20-30(38)24-6-2-1-3-7-24/h1-17,22,30H,18-21H2,(H,37,41)(H,39,40). The highest BCUT2D eigenvalue weighted by atomic mass is 19.4. The molecule has 2 N–H and O–H groups in total. The predicted octanol–water partition coefficient (Wildman–Crippen LogP) is 8.06. The fourth-order valence-corrected chi connectivity index (χ4v) is 5.48. The molecular formula is C33H29F3N2O3. The van der Waals surface area contributed by atoms with Gasteiger partial charge in [0.05, 0.1) is 11.6 Å². The number of amides is 1. The first kappa shape index (κ1) is 28.0. The smallest absolute Gasteiger partial charge is 0.416 e. The zero-order valence-corrected chi connectivity index (χ0v) is 22.1. The Balaban J connectivity index is 1.33. The van der Waals surface area contributed by atoms with E-state index in [1.807, 2.05) is 42.5 Å². The number of hydrogen-bond donors (Lipinski definition) is 2. The van der Waals surface area contributed by atoms with Gasteiger partial charge in [-0.1, -0.05) is 60.7 Å². The lowest BCUT2D eigenvalue weighted by atomic mass is 9.85. The van der Waals surface area contributed by atoms with Gasteiger partial charge in [-0.25, -0.2) is 0 Å². The molecule has 1 saturated heterocycles. The first-order valence-electron chi connectivity index (χ1n) is 13.4. The van der Waals surface area contributed by atoms with Gasteiger partial charge in [-0.05, 0) is 77.9 Å². The Morgan fingerprint density at radius 2 is 1.51 bits per heavy atom. The second kappa shape index (κ2) is 11.9. The number of benzene rings is 4. The molecule has 0 aliphatic carbocycles. The van der Waals surface area contributed by atoms with Gasteiger partial charge in [-0.15, -0.1) is 0 Å². The van der Waals surface area contributed by atoms with Crippen molar-refractivity contribution in [1.82, 2.24) is 0 Å². The third-order valence-electron chi connectivity index (χ3n) is 7.51. The molecule has 0 radical (unpaired) electrons. The summed E-state index contributed by atoms with van der Waals surface area (Å²) in [6.45, 7) is 0.712. The molecule has 1 aliphatic heterocycles. The van der Waals surface area contributed by atoms with Crippen LogP contribution < -0.4 is 10.2 Å². The number of hydrogen-bond acceptors (Lipinski definition) is 3. The summed E-state index contributed by atoms with van der Waals surface area (Å²) in [5.74, 6) is -1.06. The van der Waals surface area contributed by atoms with Gasteiger partial charge in [0.25, 0.3) is 5.91 Å². The second-order valence-electron chi connectivity index (χ2n) is 10.2. The molecule has 2 atom stereocenters. The van der Waals surface area contributed by atoms with Crippen molar-refractivity contribution in [2.75, 3.05) is 16.8 Å². The maximum absolute atomic E-state index is 13.2. The minimum absolute atomic E-state index is 0.0327. The second-order valence-corrected chi connectivity index (χ2v) is 10.2. The highest BCUT2D eigenvalue weighted by Gasteiger charge is 2.31. The molecule has 41 heavy (non-hydrogen) atoms. The molecule has 1 fully saturated rings. The summed E-state index contributed by atoms with van der Waals surface area (Å²) >= 11 is 0. The van der Waals surface area contributed by atoms with Gasteiger partial charge in [0.15, 0.2) is 0 Å². The molecule has 2 unspecified atom stereocenters. The Hall–Kier alpha value is -4.59. The minimum Gasteiger partial charge on any atom is -0.481 e. The molecule has 210 valence electrons. The number of halogens is 3. The van der Waals surface area contributed by atoms with Crippen molar-refractivity contribution in [2.45, 2.75) is 31.5 Å². The van der Waals surface area contributed by atoms with Crippen molar-refractivity contribution >= 4 is 23.3 Å². The van der Waals surface area contributed by atoms with Crippen molar-refractivity contribution in [2.24, 2.45) is 5.92 Å². The van der Waals surface area contributed by atoms with Crippen LogP contribution in [0.2, 0.25) is 0 Å². The van der Waals surface area contributed by atoms with E-state index in [9.17, 15) is 27.9 Å². The molecule has 5 nitrogen and oxygen atoms in total. The Labute approximate surface area is 236 Å². The first-order chi connectivity index (χ1) is 19.7. The molecule has 1 heterocycles. The number of aliphatic carboxylic acids is 1. The maximum atomic E-state index is 13.2. The highest BCUT2D eigenvalue weighted by Crippen LogP contribution is 2.39. The molecule has 0 bridgehead atoms. The fourth-order valence-electron chi connectivity index (χ4n) is 5.48. The van der Waals surface area contributed by atoms with Crippen LogP contribution >= 0.6 is 0 Å². The largest absolute Gasteiger partial charge is 0.481 e. The van der Waals surface area contributed by atoms with Crippen molar-refractivity contribution in [3.63, 3.8) is 0 Å².